The third kappa shape index (κ3) is 3.49. The molecule has 0 spiro atoms. The van der Waals surface area contributed by atoms with E-state index in [1.807, 2.05) is 6.07 Å². The van der Waals surface area contributed by atoms with Gasteiger partial charge < -0.3 is 10.2 Å². The average Bonchev–Trinajstić information content (AvgIpc) is 2.96. The fourth-order valence-electron chi connectivity index (χ4n) is 5.36. The first kappa shape index (κ1) is 21.1. The number of carbonyl (C=O) groups excluding carboxylic acids is 4. The zero-order chi connectivity index (χ0) is 22.6. The molecule has 3 fully saturated rings. The standard InChI is InChI=1S/C23H29N5O4/c1-13-10-26(11-14(2)27(13)12-15-8-24-9-15)16-3-4-17-18(7-16)23(32)28(22(17)31)19-5-6-20(29)25-21(19)30/h3-4,7,13-15,19,24H,5-6,8-12H2,1-2H3,(H,25,29,30). The van der Waals surface area contributed by atoms with Crippen LogP contribution in [0.2, 0.25) is 0 Å². The highest BCUT2D eigenvalue weighted by atomic mass is 16.2. The quantitative estimate of drug-likeness (QED) is 0.647. The Labute approximate surface area is 187 Å². The highest BCUT2D eigenvalue weighted by molar-refractivity contribution is 6.23. The Morgan fingerprint density at radius 1 is 0.969 bits per heavy atom. The van der Waals surface area contributed by atoms with Gasteiger partial charge in [-0.1, -0.05) is 0 Å². The Bertz CT molecular complexity index is 979. The van der Waals surface area contributed by atoms with Crippen LogP contribution in [0.4, 0.5) is 5.69 Å². The van der Waals surface area contributed by atoms with Crippen LogP contribution < -0.4 is 15.5 Å². The zero-order valence-corrected chi connectivity index (χ0v) is 18.5. The van der Waals surface area contributed by atoms with Gasteiger partial charge in [-0.3, -0.25) is 34.3 Å². The molecular formula is C23H29N5O4. The Morgan fingerprint density at radius 3 is 2.28 bits per heavy atom. The molecule has 2 N–H and O–H groups in total. The molecule has 4 aliphatic heterocycles. The van der Waals surface area contributed by atoms with Crippen LogP contribution in [0.25, 0.3) is 0 Å². The summed E-state index contributed by atoms with van der Waals surface area (Å²) < 4.78 is 0. The van der Waals surface area contributed by atoms with Crippen molar-refractivity contribution in [3.63, 3.8) is 0 Å². The number of nitrogens with zero attached hydrogens (tertiary/aromatic N) is 3. The van der Waals surface area contributed by atoms with E-state index in [4.69, 9.17) is 0 Å². The van der Waals surface area contributed by atoms with Crippen molar-refractivity contribution in [2.75, 3.05) is 37.6 Å². The highest BCUT2D eigenvalue weighted by Gasteiger charge is 2.45. The predicted octanol–water partition coefficient (Wildman–Crippen LogP) is 0.206. The van der Waals surface area contributed by atoms with Crippen LogP contribution in [0, 0.1) is 5.92 Å². The molecule has 9 nitrogen and oxygen atoms in total. The maximum atomic E-state index is 13.1. The molecule has 3 saturated heterocycles. The van der Waals surface area contributed by atoms with Gasteiger partial charge in [0.15, 0.2) is 0 Å². The second-order valence-corrected chi connectivity index (χ2v) is 9.50. The summed E-state index contributed by atoms with van der Waals surface area (Å²) in [7, 11) is 0. The minimum Gasteiger partial charge on any atom is -0.368 e. The fourth-order valence-corrected chi connectivity index (χ4v) is 5.36. The van der Waals surface area contributed by atoms with Crippen LogP contribution in [0.15, 0.2) is 18.2 Å². The zero-order valence-electron chi connectivity index (χ0n) is 18.5. The molecule has 0 saturated carbocycles. The van der Waals surface area contributed by atoms with Crippen LogP contribution in [-0.2, 0) is 9.59 Å². The van der Waals surface area contributed by atoms with Gasteiger partial charge in [0.2, 0.25) is 11.8 Å². The van der Waals surface area contributed by atoms with Gasteiger partial charge in [0.05, 0.1) is 11.1 Å². The SMILES string of the molecule is CC1CN(c2ccc3c(c2)C(=O)N(C2CCC(=O)NC2=O)C3=O)CC(C)N1CC1CNC1. The molecule has 3 atom stereocenters. The molecule has 32 heavy (non-hydrogen) atoms. The smallest absolute Gasteiger partial charge is 0.262 e. The maximum absolute atomic E-state index is 13.1. The third-order valence-electron chi connectivity index (χ3n) is 7.23. The number of hydrogen-bond donors (Lipinski definition) is 2. The Balaban J connectivity index is 1.34. The number of rotatable bonds is 4. The van der Waals surface area contributed by atoms with E-state index in [9.17, 15) is 19.2 Å². The number of imide groups is 2. The Kier molecular flexibility index (Phi) is 5.25. The Morgan fingerprint density at radius 2 is 1.66 bits per heavy atom. The van der Waals surface area contributed by atoms with Crippen molar-refractivity contribution in [1.82, 2.24) is 20.4 Å². The predicted molar refractivity (Wildman–Crippen MR) is 117 cm³/mol. The first-order valence-corrected chi connectivity index (χ1v) is 11.4. The van der Waals surface area contributed by atoms with E-state index in [0.29, 0.717) is 29.1 Å². The molecule has 4 amide bonds. The van der Waals surface area contributed by atoms with E-state index in [2.05, 4.69) is 34.3 Å². The number of hydrogen-bond acceptors (Lipinski definition) is 7. The molecule has 3 unspecified atom stereocenters. The molecule has 0 radical (unpaired) electrons. The van der Waals surface area contributed by atoms with Gasteiger partial charge >= 0.3 is 0 Å². The Hall–Kier alpha value is -2.78. The van der Waals surface area contributed by atoms with E-state index in [0.717, 1.165) is 43.3 Å². The summed E-state index contributed by atoms with van der Waals surface area (Å²) in [5.41, 5.74) is 1.57. The van der Waals surface area contributed by atoms with Crippen molar-refractivity contribution >= 4 is 29.3 Å². The lowest BCUT2D eigenvalue weighted by Gasteiger charge is -2.47. The lowest BCUT2D eigenvalue weighted by atomic mass is 9.98. The van der Waals surface area contributed by atoms with Crippen molar-refractivity contribution in [2.24, 2.45) is 5.92 Å². The first-order valence-electron chi connectivity index (χ1n) is 11.4. The van der Waals surface area contributed by atoms with E-state index < -0.39 is 23.8 Å². The summed E-state index contributed by atoms with van der Waals surface area (Å²) in [5, 5.41) is 5.57. The second-order valence-electron chi connectivity index (χ2n) is 9.50. The normalized spacial score (nSPS) is 29.2. The summed E-state index contributed by atoms with van der Waals surface area (Å²) in [6.45, 7) is 9.45. The summed E-state index contributed by atoms with van der Waals surface area (Å²) >= 11 is 0. The van der Waals surface area contributed by atoms with Gasteiger partial charge in [-0.2, -0.15) is 0 Å². The monoisotopic (exact) mass is 439 g/mol. The van der Waals surface area contributed by atoms with Gasteiger partial charge in [-0.05, 0) is 44.4 Å². The molecule has 0 aromatic heterocycles. The molecule has 0 bridgehead atoms. The van der Waals surface area contributed by atoms with Gasteiger partial charge in [-0.15, -0.1) is 0 Å². The van der Waals surface area contributed by atoms with Crippen molar-refractivity contribution in [2.45, 2.75) is 44.8 Å². The van der Waals surface area contributed by atoms with Crippen LogP contribution in [0.5, 0.6) is 0 Å². The number of anilines is 1. The largest absolute Gasteiger partial charge is 0.368 e. The number of fused-ring (bicyclic) bond motifs is 1. The van der Waals surface area contributed by atoms with Crippen LogP contribution in [0.3, 0.4) is 0 Å². The number of amides is 4. The fraction of sp³-hybridized carbons (Fsp3) is 0.565. The second kappa shape index (κ2) is 7.97. The van der Waals surface area contributed by atoms with Gasteiger partial charge in [0, 0.05) is 56.9 Å². The van der Waals surface area contributed by atoms with E-state index in [1.165, 1.54) is 0 Å². The van der Waals surface area contributed by atoms with Gasteiger partial charge in [0.25, 0.3) is 11.8 Å². The van der Waals surface area contributed by atoms with Crippen LogP contribution in [0.1, 0.15) is 47.4 Å². The molecule has 9 heteroatoms. The van der Waals surface area contributed by atoms with E-state index >= 15 is 0 Å². The van der Waals surface area contributed by atoms with E-state index in [1.54, 1.807) is 12.1 Å². The molecule has 4 aliphatic rings. The number of carbonyl (C=O) groups is 4. The average molecular weight is 440 g/mol. The molecule has 0 aliphatic carbocycles. The molecule has 1 aromatic rings. The topological polar surface area (TPSA) is 102 Å². The molecule has 170 valence electrons. The number of nitrogens with one attached hydrogen (secondary N) is 2. The number of piperazine rings is 1. The van der Waals surface area contributed by atoms with Gasteiger partial charge in [0.1, 0.15) is 6.04 Å². The molecule has 4 heterocycles. The van der Waals surface area contributed by atoms with E-state index in [-0.39, 0.29) is 18.7 Å². The number of benzene rings is 1. The lowest BCUT2D eigenvalue weighted by Crippen LogP contribution is -2.60. The molecule has 5 rings (SSSR count). The van der Waals surface area contributed by atoms with Gasteiger partial charge in [-0.25, -0.2) is 0 Å². The van der Waals surface area contributed by atoms with Crippen LogP contribution in [-0.4, -0.2) is 84.3 Å². The summed E-state index contributed by atoms with van der Waals surface area (Å²) in [6.07, 6.45) is 0.280. The minimum absolute atomic E-state index is 0.117. The first-order chi connectivity index (χ1) is 15.3. The summed E-state index contributed by atoms with van der Waals surface area (Å²) in [4.78, 5) is 55.6. The van der Waals surface area contributed by atoms with Crippen molar-refractivity contribution < 1.29 is 19.2 Å². The molecular weight excluding hydrogens is 410 g/mol. The maximum Gasteiger partial charge on any atom is 0.262 e. The van der Waals surface area contributed by atoms with Crippen LogP contribution >= 0.6 is 0 Å². The van der Waals surface area contributed by atoms with Crippen molar-refractivity contribution in [3.05, 3.63) is 29.3 Å². The summed E-state index contributed by atoms with van der Waals surface area (Å²) in [6, 6.07) is 5.19. The molecule has 1 aromatic carbocycles. The van der Waals surface area contributed by atoms with Crippen molar-refractivity contribution in [1.29, 1.82) is 0 Å². The third-order valence-corrected chi connectivity index (χ3v) is 7.23. The number of piperidine rings is 1. The lowest BCUT2D eigenvalue weighted by molar-refractivity contribution is -0.136. The highest BCUT2D eigenvalue weighted by Crippen LogP contribution is 2.32. The minimum atomic E-state index is -0.937. The van der Waals surface area contributed by atoms with Crippen molar-refractivity contribution in [3.8, 4) is 0 Å². The summed E-state index contributed by atoms with van der Waals surface area (Å²) in [5.74, 6) is -1.17.